The molecule has 1 N–H and O–H groups in total. The van der Waals surface area contributed by atoms with Gasteiger partial charge in [0.05, 0.1) is 0 Å². The lowest BCUT2D eigenvalue weighted by atomic mass is 10.2. The minimum atomic E-state index is 0. The van der Waals surface area contributed by atoms with Crippen LogP contribution in [-0.2, 0) is 0 Å². The van der Waals surface area contributed by atoms with Gasteiger partial charge in [-0.3, -0.25) is 4.99 Å². The molecule has 1 fully saturated rings. The van der Waals surface area contributed by atoms with Gasteiger partial charge >= 0.3 is 0 Å². The predicted molar refractivity (Wildman–Crippen MR) is 94.4 cm³/mol. The fourth-order valence-electron chi connectivity index (χ4n) is 1.97. The molecule has 108 valence electrons. The molecule has 18 heavy (non-hydrogen) atoms. The van der Waals surface area contributed by atoms with Gasteiger partial charge in [-0.2, -0.15) is 11.8 Å². The number of unbranched alkanes of at least 4 members (excludes halogenated alkanes) is 1. The second-order valence-electron chi connectivity index (χ2n) is 5.12. The number of aliphatic imine (C=N–C) groups is 1. The smallest absolute Gasteiger partial charge is 0.193 e. The van der Waals surface area contributed by atoms with Crippen LogP contribution in [0.15, 0.2) is 4.99 Å². The number of rotatable bonds is 4. The van der Waals surface area contributed by atoms with Crippen molar-refractivity contribution in [2.24, 2.45) is 4.99 Å². The van der Waals surface area contributed by atoms with Crippen molar-refractivity contribution in [1.29, 1.82) is 0 Å². The lowest BCUT2D eigenvalue weighted by Crippen LogP contribution is -2.51. The van der Waals surface area contributed by atoms with E-state index in [0.29, 0.717) is 4.75 Å². The van der Waals surface area contributed by atoms with Crippen LogP contribution in [0.2, 0.25) is 0 Å². The lowest BCUT2D eigenvalue weighted by Gasteiger charge is -2.39. The first-order chi connectivity index (χ1) is 8.09. The van der Waals surface area contributed by atoms with Crippen molar-refractivity contribution in [3.8, 4) is 0 Å². The number of hydrogen-bond donors (Lipinski definition) is 1. The highest BCUT2D eigenvalue weighted by Gasteiger charge is 2.28. The van der Waals surface area contributed by atoms with E-state index in [-0.39, 0.29) is 24.0 Å². The number of hydrogen-bond acceptors (Lipinski definition) is 2. The second-order valence-corrected chi connectivity index (χ2v) is 6.92. The van der Waals surface area contributed by atoms with Crippen molar-refractivity contribution in [2.45, 2.75) is 45.3 Å². The van der Waals surface area contributed by atoms with Gasteiger partial charge in [0.15, 0.2) is 5.96 Å². The maximum absolute atomic E-state index is 4.71. The predicted octanol–water partition coefficient (Wildman–Crippen LogP) is 3.20. The Kier molecular flexibility index (Phi) is 9.47. The molecular formula is C13H28IN3S. The third kappa shape index (κ3) is 6.50. The van der Waals surface area contributed by atoms with Gasteiger partial charge in [0.2, 0.25) is 0 Å². The van der Waals surface area contributed by atoms with E-state index in [0.717, 1.165) is 32.1 Å². The molecule has 0 radical (unpaired) electrons. The van der Waals surface area contributed by atoms with E-state index in [1.54, 1.807) is 0 Å². The van der Waals surface area contributed by atoms with Crippen LogP contribution in [0, 0.1) is 0 Å². The summed E-state index contributed by atoms with van der Waals surface area (Å²) in [6, 6.07) is 0. The average molecular weight is 385 g/mol. The Morgan fingerprint density at radius 3 is 2.67 bits per heavy atom. The van der Waals surface area contributed by atoms with Crippen molar-refractivity contribution in [1.82, 2.24) is 10.2 Å². The quantitative estimate of drug-likeness (QED) is 0.349. The molecule has 3 nitrogen and oxygen atoms in total. The van der Waals surface area contributed by atoms with Gasteiger partial charge in [-0.25, -0.2) is 0 Å². The first-order valence-electron chi connectivity index (χ1n) is 6.76. The van der Waals surface area contributed by atoms with Crippen LogP contribution in [0.3, 0.4) is 0 Å². The van der Waals surface area contributed by atoms with E-state index in [1.807, 2.05) is 0 Å². The van der Waals surface area contributed by atoms with Crippen LogP contribution in [0.25, 0.3) is 0 Å². The molecule has 0 aromatic carbocycles. The summed E-state index contributed by atoms with van der Waals surface area (Å²) >= 11 is 2.06. The van der Waals surface area contributed by atoms with Gasteiger partial charge in [-0.15, -0.1) is 24.0 Å². The number of halogens is 1. The zero-order valence-corrected chi connectivity index (χ0v) is 15.3. The maximum Gasteiger partial charge on any atom is 0.193 e. The van der Waals surface area contributed by atoms with Gasteiger partial charge < -0.3 is 10.2 Å². The van der Waals surface area contributed by atoms with Crippen LogP contribution in [0.1, 0.15) is 40.5 Å². The molecule has 0 unspecified atom stereocenters. The molecule has 1 aliphatic rings. The SMILES string of the molecule is CCCCN=C(NCC)N1CCSC(C)(C)C1.I. The Bertz CT molecular complexity index is 257. The molecule has 0 aliphatic carbocycles. The minimum Gasteiger partial charge on any atom is -0.357 e. The lowest BCUT2D eigenvalue weighted by molar-refractivity contribution is 0.376. The summed E-state index contributed by atoms with van der Waals surface area (Å²) in [5.74, 6) is 2.31. The molecule has 0 aromatic rings. The van der Waals surface area contributed by atoms with Crippen LogP contribution < -0.4 is 5.32 Å². The van der Waals surface area contributed by atoms with Crippen LogP contribution >= 0.6 is 35.7 Å². The van der Waals surface area contributed by atoms with E-state index in [9.17, 15) is 0 Å². The van der Waals surface area contributed by atoms with Gasteiger partial charge in [0.1, 0.15) is 0 Å². The van der Waals surface area contributed by atoms with Crippen LogP contribution in [0.5, 0.6) is 0 Å². The normalized spacial score (nSPS) is 19.3. The molecule has 0 bridgehead atoms. The summed E-state index contributed by atoms with van der Waals surface area (Å²) in [6.45, 7) is 13.1. The molecule has 0 aromatic heterocycles. The van der Waals surface area contributed by atoms with Crippen LogP contribution in [-0.4, -0.2) is 47.5 Å². The van der Waals surface area contributed by atoms with Gasteiger partial charge in [0, 0.05) is 36.7 Å². The first kappa shape index (κ1) is 18.4. The molecule has 0 atom stereocenters. The third-order valence-corrected chi connectivity index (χ3v) is 4.13. The molecule has 0 amide bonds. The van der Waals surface area contributed by atoms with E-state index in [2.05, 4.69) is 49.7 Å². The minimum absolute atomic E-state index is 0. The largest absolute Gasteiger partial charge is 0.357 e. The van der Waals surface area contributed by atoms with Crippen molar-refractivity contribution >= 4 is 41.7 Å². The van der Waals surface area contributed by atoms with E-state index in [4.69, 9.17) is 4.99 Å². The Morgan fingerprint density at radius 1 is 1.39 bits per heavy atom. The Hall–Kier alpha value is 0.350. The Labute approximate surface area is 134 Å². The summed E-state index contributed by atoms with van der Waals surface area (Å²) < 4.78 is 0.346. The van der Waals surface area contributed by atoms with Crippen molar-refractivity contribution in [3.05, 3.63) is 0 Å². The molecule has 1 rings (SSSR count). The first-order valence-corrected chi connectivity index (χ1v) is 7.75. The fraction of sp³-hybridized carbons (Fsp3) is 0.923. The standard InChI is InChI=1S/C13H27N3S.HI/c1-5-7-8-15-12(14-6-2)16-9-10-17-13(3,4)11-16;/h5-11H2,1-4H3,(H,14,15);1H. The summed E-state index contributed by atoms with van der Waals surface area (Å²) in [6.07, 6.45) is 2.39. The van der Waals surface area contributed by atoms with Crippen molar-refractivity contribution < 1.29 is 0 Å². The van der Waals surface area contributed by atoms with Crippen LogP contribution in [0.4, 0.5) is 0 Å². The highest BCUT2D eigenvalue weighted by atomic mass is 127. The Morgan fingerprint density at radius 2 is 2.11 bits per heavy atom. The van der Waals surface area contributed by atoms with Crippen molar-refractivity contribution in [3.63, 3.8) is 0 Å². The highest BCUT2D eigenvalue weighted by molar-refractivity contribution is 14.0. The summed E-state index contributed by atoms with van der Waals surface area (Å²) in [5, 5.41) is 3.42. The second kappa shape index (κ2) is 9.28. The monoisotopic (exact) mass is 385 g/mol. The zero-order chi connectivity index (χ0) is 12.7. The highest BCUT2D eigenvalue weighted by Crippen LogP contribution is 2.29. The molecule has 5 heteroatoms. The van der Waals surface area contributed by atoms with Gasteiger partial charge in [-0.1, -0.05) is 13.3 Å². The summed E-state index contributed by atoms with van der Waals surface area (Å²) in [5.41, 5.74) is 0. The molecule has 1 aliphatic heterocycles. The number of nitrogens with zero attached hydrogens (tertiary/aromatic N) is 2. The fourth-order valence-corrected chi connectivity index (χ4v) is 3.08. The number of nitrogens with one attached hydrogen (secondary N) is 1. The molecule has 1 saturated heterocycles. The molecular weight excluding hydrogens is 357 g/mol. The maximum atomic E-state index is 4.71. The molecule has 1 heterocycles. The van der Waals surface area contributed by atoms with Gasteiger partial charge in [-0.05, 0) is 27.2 Å². The van der Waals surface area contributed by atoms with Gasteiger partial charge in [0.25, 0.3) is 0 Å². The third-order valence-electron chi connectivity index (χ3n) is 2.83. The number of guanidine groups is 1. The summed E-state index contributed by atoms with van der Waals surface area (Å²) in [4.78, 5) is 7.13. The molecule has 0 saturated carbocycles. The van der Waals surface area contributed by atoms with E-state index < -0.39 is 0 Å². The number of thioether (sulfide) groups is 1. The molecule has 0 spiro atoms. The Balaban J connectivity index is 0.00000289. The van der Waals surface area contributed by atoms with E-state index >= 15 is 0 Å². The topological polar surface area (TPSA) is 27.6 Å². The van der Waals surface area contributed by atoms with Crippen molar-refractivity contribution in [2.75, 3.05) is 31.9 Å². The summed E-state index contributed by atoms with van der Waals surface area (Å²) in [7, 11) is 0. The zero-order valence-electron chi connectivity index (χ0n) is 12.2. The average Bonchev–Trinajstić information content (AvgIpc) is 2.27. The van der Waals surface area contributed by atoms with E-state index in [1.165, 1.54) is 18.6 Å².